The Morgan fingerprint density at radius 1 is 1.31 bits per heavy atom. The van der Waals surface area contributed by atoms with E-state index in [1.54, 1.807) is 6.07 Å². The smallest absolute Gasteiger partial charge is 0.179 e. The molecule has 0 fully saturated rings. The summed E-state index contributed by atoms with van der Waals surface area (Å²) in [5.74, 6) is 0.545. The summed E-state index contributed by atoms with van der Waals surface area (Å²) in [6.07, 6.45) is 0. The third-order valence-corrected chi connectivity index (χ3v) is 3.99. The molecule has 1 heterocycles. The molecule has 0 atom stereocenters. The Hall–Kier alpha value is -0.420. The molecule has 0 aliphatic heterocycles. The van der Waals surface area contributed by atoms with Gasteiger partial charge in [0.15, 0.2) is 5.09 Å². The predicted molar refractivity (Wildman–Crippen MR) is 67.9 cm³/mol. The van der Waals surface area contributed by atoms with Crippen LogP contribution in [0.25, 0.3) is 0 Å². The second kappa shape index (κ2) is 5.27. The average molecular weight is 320 g/mol. The van der Waals surface area contributed by atoms with Crippen LogP contribution in [-0.2, 0) is 6.61 Å². The molecule has 2 nitrogen and oxygen atoms in total. The molecule has 1 aromatic heterocycles. The van der Waals surface area contributed by atoms with E-state index in [0.717, 1.165) is 14.5 Å². The summed E-state index contributed by atoms with van der Waals surface area (Å²) >= 11 is 10.7. The van der Waals surface area contributed by atoms with Crippen molar-refractivity contribution < 1.29 is 9.52 Å². The number of rotatable bonds is 3. The number of halogens is 2. The van der Waals surface area contributed by atoms with Gasteiger partial charge in [-0.1, -0.05) is 23.4 Å². The molecule has 0 bridgehead atoms. The standard InChI is InChI=1S/C11H8BrClO2S/c12-10-5-8(6-14)15-11(10)16-9-3-1-7(13)2-4-9/h1-5,14H,6H2. The summed E-state index contributed by atoms with van der Waals surface area (Å²) in [6, 6.07) is 9.25. The van der Waals surface area contributed by atoms with E-state index in [9.17, 15) is 0 Å². The summed E-state index contributed by atoms with van der Waals surface area (Å²) in [6.45, 7) is -0.0974. The van der Waals surface area contributed by atoms with Crippen LogP contribution in [0.5, 0.6) is 0 Å². The molecule has 0 saturated heterocycles. The van der Waals surface area contributed by atoms with Crippen molar-refractivity contribution >= 4 is 39.3 Å². The SMILES string of the molecule is OCc1cc(Br)c(Sc2ccc(Cl)cc2)o1. The Kier molecular flexibility index (Phi) is 3.97. The molecule has 0 amide bonds. The van der Waals surface area contributed by atoms with Crippen LogP contribution < -0.4 is 0 Å². The first kappa shape index (κ1) is 12.0. The topological polar surface area (TPSA) is 33.4 Å². The molecule has 0 unspecified atom stereocenters. The van der Waals surface area contributed by atoms with Gasteiger partial charge in [0.25, 0.3) is 0 Å². The van der Waals surface area contributed by atoms with Crippen molar-refractivity contribution in [3.8, 4) is 0 Å². The zero-order chi connectivity index (χ0) is 11.5. The van der Waals surface area contributed by atoms with E-state index in [1.165, 1.54) is 11.8 Å². The second-order valence-electron chi connectivity index (χ2n) is 3.06. The minimum absolute atomic E-state index is 0.0974. The van der Waals surface area contributed by atoms with Crippen LogP contribution >= 0.6 is 39.3 Å². The zero-order valence-corrected chi connectivity index (χ0v) is 11.3. The van der Waals surface area contributed by atoms with Crippen molar-refractivity contribution in [2.45, 2.75) is 16.6 Å². The highest BCUT2D eigenvalue weighted by molar-refractivity contribution is 9.10. The molecule has 0 aliphatic rings. The lowest BCUT2D eigenvalue weighted by Crippen LogP contribution is -1.74. The number of hydrogen-bond acceptors (Lipinski definition) is 3. The number of benzene rings is 1. The Labute approximate surface area is 111 Å². The predicted octanol–water partition coefficient (Wildman–Crippen LogP) is 4.34. The first-order valence-corrected chi connectivity index (χ1v) is 6.50. The molecule has 1 N–H and O–H groups in total. The molecule has 2 aromatic rings. The van der Waals surface area contributed by atoms with Gasteiger partial charge in [-0.25, -0.2) is 0 Å². The number of furan rings is 1. The van der Waals surface area contributed by atoms with E-state index in [-0.39, 0.29) is 6.61 Å². The lowest BCUT2D eigenvalue weighted by Gasteiger charge is -1.98. The van der Waals surface area contributed by atoms with Crippen LogP contribution in [0.1, 0.15) is 5.76 Å². The van der Waals surface area contributed by atoms with E-state index >= 15 is 0 Å². The number of aliphatic hydroxyl groups is 1. The first-order valence-electron chi connectivity index (χ1n) is 4.51. The third kappa shape index (κ3) is 2.83. The summed E-state index contributed by atoms with van der Waals surface area (Å²) in [4.78, 5) is 1.03. The molecule has 0 saturated carbocycles. The monoisotopic (exact) mass is 318 g/mol. The van der Waals surface area contributed by atoms with E-state index in [4.69, 9.17) is 21.1 Å². The molecular formula is C11H8BrClO2S. The van der Waals surface area contributed by atoms with Crippen LogP contribution in [-0.4, -0.2) is 5.11 Å². The van der Waals surface area contributed by atoms with Crippen molar-refractivity contribution in [1.29, 1.82) is 0 Å². The van der Waals surface area contributed by atoms with Crippen LogP contribution in [0.3, 0.4) is 0 Å². The maximum absolute atomic E-state index is 8.94. The molecule has 16 heavy (non-hydrogen) atoms. The number of aliphatic hydroxyl groups excluding tert-OH is 1. The zero-order valence-electron chi connectivity index (χ0n) is 8.11. The van der Waals surface area contributed by atoms with Gasteiger partial charge in [0.05, 0.1) is 4.47 Å². The van der Waals surface area contributed by atoms with Gasteiger partial charge < -0.3 is 9.52 Å². The molecule has 0 aliphatic carbocycles. The van der Waals surface area contributed by atoms with Gasteiger partial charge in [0.2, 0.25) is 0 Å². The summed E-state index contributed by atoms with van der Waals surface area (Å²) < 4.78 is 6.27. The Morgan fingerprint density at radius 3 is 2.56 bits per heavy atom. The molecule has 0 spiro atoms. The maximum atomic E-state index is 8.94. The Morgan fingerprint density at radius 2 is 2.00 bits per heavy atom. The van der Waals surface area contributed by atoms with Gasteiger partial charge in [-0.15, -0.1) is 0 Å². The average Bonchev–Trinajstić information content (AvgIpc) is 2.63. The lowest BCUT2D eigenvalue weighted by atomic mass is 10.4. The molecular weight excluding hydrogens is 312 g/mol. The fourth-order valence-electron chi connectivity index (χ4n) is 1.15. The Bertz CT molecular complexity index is 481. The van der Waals surface area contributed by atoms with Crippen molar-refractivity contribution in [1.82, 2.24) is 0 Å². The lowest BCUT2D eigenvalue weighted by molar-refractivity contribution is 0.237. The largest absolute Gasteiger partial charge is 0.451 e. The van der Waals surface area contributed by atoms with Gasteiger partial charge in [-0.3, -0.25) is 0 Å². The second-order valence-corrected chi connectivity index (χ2v) is 5.40. The summed E-state index contributed by atoms with van der Waals surface area (Å²) in [5, 5.41) is 10.4. The molecule has 0 radical (unpaired) electrons. The minimum Gasteiger partial charge on any atom is -0.451 e. The summed E-state index contributed by atoms with van der Waals surface area (Å²) in [5.41, 5.74) is 0. The molecule has 1 aromatic carbocycles. The molecule has 2 rings (SSSR count). The molecule has 84 valence electrons. The fraction of sp³-hybridized carbons (Fsp3) is 0.0909. The van der Waals surface area contributed by atoms with Crippen LogP contribution in [0.2, 0.25) is 5.02 Å². The summed E-state index contributed by atoms with van der Waals surface area (Å²) in [7, 11) is 0. The van der Waals surface area contributed by atoms with Crippen LogP contribution in [0.15, 0.2) is 49.2 Å². The minimum atomic E-state index is -0.0974. The van der Waals surface area contributed by atoms with E-state index in [2.05, 4.69) is 15.9 Å². The van der Waals surface area contributed by atoms with E-state index in [1.807, 2.05) is 24.3 Å². The highest BCUT2D eigenvalue weighted by Crippen LogP contribution is 2.36. The van der Waals surface area contributed by atoms with Gasteiger partial charge >= 0.3 is 0 Å². The third-order valence-electron chi connectivity index (χ3n) is 1.89. The Balaban J connectivity index is 2.19. The highest BCUT2D eigenvalue weighted by atomic mass is 79.9. The van der Waals surface area contributed by atoms with Crippen molar-refractivity contribution in [2.24, 2.45) is 0 Å². The highest BCUT2D eigenvalue weighted by Gasteiger charge is 2.09. The van der Waals surface area contributed by atoms with Crippen LogP contribution in [0, 0.1) is 0 Å². The van der Waals surface area contributed by atoms with Gasteiger partial charge in [0, 0.05) is 9.92 Å². The van der Waals surface area contributed by atoms with Gasteiger partial charge in [-0.2, -0.15) is 0 Å². The first-order chi connectivity index (χ1) is 7.69. The van der Waals surface area contributed by atoms with Crippen molar-refractivity contribution in [3.05, 3.63) is 45.6 Å². The quantitative estimate of drug-likeness (QED) is 0.913. The van der Waals surface area contributed by atoms with E-state index in [0.29, 0.717) is 10.8 Å². The maximum Gasteiger partial charge on any atom is 0.179 e. The fourth-order valence-corrected chi connectivity index (χ4v) is 2.65. The van der Waals surface area contributed by atoms with Crippen molar-refractivity contribution in [2.75, 3.05) is 0 Å². The van der Waals surface area contributed by atoms with Gasteiger partial charge in [0.1, 0.15) is 12.4 Å². The van der Waals surface area contributed by atoms with E-state index < -0.39 is 0 Å². The number of hydrogen-bond donors (Lipinski definition) is 1. The molecule has 5 heteroatoms. The van der Waals surface area contributed by atoms with Gasteiger partial charge in [-0.05, 0) is 46.3 Å². The van der Waals surface area contributed by atoms with Crippen molar-refractivity contribution in [3.63, 3.8) is 0 Å². The normalized spacial score (nSPS) is 10.7. The van der Waals surface area contributed by atoms with Crippen LogP contribution in [0.4, 0.5) is 0 Å².